The topological polar surface area (TPSA) is 68.0 Å². The number of amides is 1. The highest BCUT2D eigenvalue weighted by atomic mass is 16.4. The van der Waals surface area contributed by atoms with Gasteiger partial charge in [-0.2, -0.15) is 0 Å². The van der Waals surface area contributed by atoms with E-state index in [9.17, 15) is 4.79 Å². The molecule has 0 bridgehead atoms. The van der Waals surface area contributed by atoms with Crippen LogP contribution in [-0.4, -0.2) is 15.9 Å². The molecule has 0 aromatic carbocycles. The van der Waals surface area contributed by atoms with E-state index < -0.39 is 0 Å². The van der Waals surface area contributed by atoms with Crippen molar-refractivity contribution in [3.05, 3.63) is 29.3 Å². The van der Waals surface area contributed by atoms with Crippen LogP contribution in [0.4, 0.5) is 5.82 Å². The van der Waals surface area contributed by atoms with Gasteiger partial charge in [0.05, 0.1) is 5.69 Å². The maximum Gasteiger partial charge on any atom is 0.226 e. The zero-order chi connectivity index (χ0) is 13.3. The first-order valence-electron chi connectivity index (χ1n) is 5.66. The second-order valence-corrected chi connectivity index (χ2v) is 4.23. The molecule has 5 nitrogen and oxygen atoms in total. The Morgan fingerprint density at radius 3 is 2.61 bits per heavy atom. The number of carbonyl (C=O) groups excluding carboxylic acids is 1. The first-order valence-corrected chi connectivity index (χ1v) is 5.66. The zero-order valence-corrected chi connectivity index (χ0v) is 10.9. The van der Waals surface area contributed by atoms with Crippen LogP contribution in [0.1, 0.15) is 23.9 Å². The van der Waals surface area contributed by atoms with E-state index in [0.29, 0.717) is 11.7 Å². The Morgan fingerprint density at radius 2 is 2.06 bits per heavy atom. The Morgan fingerprint density at radius 1 is 1.33 bits per heavy atom. The Hall–Kier alpha value is -2.17. The number of carbonyl (C=O) groups is 1. The first kappa shape index (κ1) is 12.3. The first-order chi connectivity index (χ1) is 8.47. The summed E-state index contributed by atoms with van der Waals surface area (Å²) in [5.41, 5.74) is 2.65. The summed E-state index contributed by atoms with van der Waals surface area (Å²) in [5.74, 6) is 1.69. The molecule has 0 aliphatic rings. The van der Waals surface area contributed by atoms with Gasteiger partial charge in [-0.15, -0.1) is 0 Å². The van der Waals surface area contributed by atoms with Crippen LogP contribution >= 0.6 is 0 Å². The molecule has 1 N–H and O–H groups in total. The van der Waals surface area contributed by atoms with E-state index >= 15 is 0 Å². The number of nitrogens with one attached hydrogen (secondary N) is 1. The van der Waals surface area contributed by atoms with E-state index in [-0.39, 0.29) is 5.91 Å². The maximum atomic E-state index is 11.0. The molecular formula is C13H15N3O2. The summed E-state index contributed by atoms with van der Waals surface area (Å²) in [5, 5.41) is 2.64. The summed E-state index contributed by atoms with van der Waals surface area (Å²) >= 11 is 0. The molecule has 0 saturated heterocycles. The van der Waals surface area contributed by atoms with Gasteiger partial charge in [0.2, 0.25) is 11.8 Å². The van der Waals surface area contributed by atoms with Crippen molar-refractivity contribution in [2.24, 2.45) is 0 Å². The maximum absolute atomic E-state index is 11.0. The Kier molecular flexibility index (Phi) is 3.14. The molecule has 94 valence electrons. The third-order valence-electron chi connectivity index (χ3n) is 2.67. The SMILES string of the molecule is CC(=O)Nc1cc(-c2nc(C)c(C)o2)c(C)cn1. The number of nitrogens with zero attached hydrogens (tertiary/aromatic N) is 2. The van der Waals surface area contributed by atoms with Crippen LogP contribution < -0.4 is 5.32 Å². The average Bonchev–Trinajstić information content (AvgIpc) is 2.61. The number of oxazole rings is 1. The number of pyridine rings is 1. The lowest BCUT2D eigenvalue weighted by atomic mass is 10.1. The highest BCUT2D eigenvalue weighted by Gasteiger charge is 2.12. The van der Waals surface area contributed by atoms with Crippen molar-refractivity contribution in [3.63, 3.8) is 0 Å². The number of rotatable bonds is 2. The molecule has 2 aromatic heterocycles. The molecule has 0 saturated carbocycles. The summed E-state index contributed by atoms with van der Waals surface area (Å²) in [6.45, 7) is 7.14. The van der Waals surface area contributed by atoms with Crippen molar-refractivity contribution in [1.82, 2.24) is 9.97 Å². The van der Waals surface area contributed by atoms with Gasteiger partial charge < -0.3 is 9.73 Å². The molecule has 18 heavy (non-hydrogen) atoms. The lowest BCUT2D eigenvalue weighted by molar-refractivity contribution is -0.114. The average molecular weight is 245 g/mol. The van der Waals surface area contributed by atoms with Crippen molar-refractivity contribution in [2.75, 3.05) is 5.32 Å². The van der Waals surface area contributed by atoms with Crippen LogP contribution in [0.25, 0.3) is 11.5 Å². The van der Waals surface area contributed by atoms with Crippen molar-refractivity contribution in [2.45, 2.75) is 27.7 Å². The molecule has 2 heterocycles. The Bertz CT molecular complexity index is 583. The fourth-order valence-corrected chi connectivity index (χ4v) is 1.59. The third kappa shape index (κ3) is 2.40. The largest absolute Gasteiger partial charge is 0.441 e. The van der Waals surface area contributed by atoms with Gasteiger partial charge in [0.15, 0.2) is 0 Å². The predicted molar refractivity (Wildman–Crippen MR) is 68.2 cm³/mol. The number of hydrogen-bond acceptors (Lipinski definition) is 4. The van der Waals surface area contributed by atoms with E-state index in [4.69, 9.17) is 4.42 Å². The highest BCUT2D eigenvalue weighted by molar-refractivity contribution is 5.88. The zero-order valence-electron chi connectivity index (χ0n) is 10.9. The second kappa shape index (κ2) is 4.60. The minimum Gasteiger partial charge on any atom is -0.441 e. The number of aromatic nitrogens is 2. The molecule has 5 heteroatoms. The Balaban J connectivity index is 2.46. The molecule has 0 aliphatic heterocycles. The molecule has 0 atom stereocenters. The molecule has 0 radical (unpaired) electrons. The highest BCUT2D eigenvalue weighted by Crippen LogP contribution is 2.26. The molecular weight excluding hydrogens is 230 g/mol. The lowest BCUT2D eigenvalue weighted by Gasteiger charge is -2.05. The van der Waals surface area contributed by atoms with E-state index in [1.165, 1.54) is 6.92 Å². The fourth-order valence-electron chi connectivity index (χ4n) is 1.59. The minimum atomic E-state index is -0.155. The normalized spacial score (nSPS) is 10.4. The minimum absolute atomic E-state index is 0.155. The number of hydrogen-bond donors (Lipinski definition) is 1. The van der Waals surface area contributed by atoms with E-state index in [1.807, 2.05) is 20.8 Å². The van der Waals surface area contributed by atoms with Crippen molar-refractivity contribution in [3.8, 4) is 11.5 Å². The van der Waals surface area contributed by atoms with Crippen molar-refractivity contribution < 1.29 is 9.21 Å². The van der Waals surface area contributed by atoms with Crippen LogP contribution in [0.3, 0.4) is 0 Å². The third-order valence-corrected chi connectivity index (χ3v) is 2.67. The van der Waals surface area contributed by atoms with Gasteiger partial charge in [0.1, 0.15) is 11.6 Å². The standard InChI is InChI=1S/C13H15N3O2/c1-7-6-14-12(16-10(4)17)5-11(7)13-15-8(2)9(3)18-13/h5-6H,1-4H3,(H,14,16,17). The van der Waals surface area contributed by atoms with Crippen LogP contribution in [0.15, 0.2) is 16.7 Å². The summed E-state index contributed by atoms with van der Waals surface area (Å²) in [7, 11) is 0. The van der Waals surface area contributed by atoms with Crippen LogP contribution in [0.5, 0.6) is 0 Å². The molecule has 2 rings (SSSR count). The van der Waals surface area contributed by atoms with Gasteiger partial charge in [0.25, 0.3) is 0 Å². The van der Waals surface area contributed by atoms with Gasteiger partial charge in [-0.05, 0) is 32.4 Å². The lowest BCUT2D eigenvalue weighted by Crippen LogP contribution is -2.07. The van der Waals surface area contributed by atoms with Gasteiger partial charge >= 0.3 is 0 Å². The number of anilines is 1. The molecule has 2 aromatic rings. The van der Waals surface area contributed by atoms with Crippen molar-refractivity contribution in [1.29, 1.82) is 0 Å². The fraction of sp³-hybridized carbons (Fsp3) is 0.308. The smallest absolute Gasteiger partial charge is 0.226 e. The van der Waals surface area contributed by atoms with Gasteiger partial charge in [-0.25, -0.2) is 9.97 Å². The summed E-state index contributed by atoms with van der Waals surface area (Å²) in [6, 6.07) is 1.77. The summed E-state index contributed by atoms with van der Waals surface area (Å²) in [4.78, 5) is 19.5. The molecule has 0 aliphatic carbocycles. The predicted octanol–water partition coefficient (Wildman–Crippen LogP) is 2.62. The quantitative estimate of drug-likeness (QED) is 0.883. The summed E-state index contributed by atoms with van der Waals surface area (Å²) in [6.07, 6.45) is 1.69. The van der Waals surface area contributed by atoms with Crippen LogP contribution in [-0.2, 0) is 4.79 Å². The van der Waals surface area contributed by atoms with Crippen LogP contribution in [0, 0.1) is 20.8 Å². The van der Waals surface area contributed by atoms with Crippen LogP contribution in [0.2, 0.25) is 0 Å². The Labute approximate surface area is 105 Å². The molecule has 0 fully saturated rings. The van der Waals surface area contributed by atoms with Gasteiger partial charge in [0, 0.05) is 18.7 Å². The molecule has 0 spiro atoms. The van der Waals surface area contributed by atoms with Gasteiger partial charge in [-0.3, -0.25) is 4.79 Å². The van der Waals surface area contributed by atoms with E-state index in [0.717, 1.165) is 22.6 Å². The van der Waals surface area contributed by atoms with E-state index in [2.05, 4.69) is 15.3 Å². The molecule has 1 amide bonds. The summed E-state index contributed by atoms with van der Waals surface area (Å²) < 4.78 is 5.59. The second-order valence-electron chi connectivity index (χ2n) is 4.23. The van der Waals surface area contributed by atoms with E-state index in [1.54, 1.807) is 12.3 Å². The van der Waals surface area contributed by atoms with Crippen molar-refractivity contribution >= 4 is 11.7 Å². The van der Waals surface area contributed by atoms with Gasteiger partial charge in [-0.1, -0.05) is 0 Å². The monoisotopic (exact) mass is 245 g/mol. The molecule has 0 unspecified atom stereocenters. The number of aryl methyl sites for hydroxylation is 3.